The van der Waals surface area contributed by atoms with Crippen LogP contribution in [0.15, 0.2) is 72.8 Å². The third-order valence-electron chi connectivity index (χ3n) is 9.55. The number of hydrogen-bond donors (Lipinski definition) is 0. The van der Waals surface area contributed by atoms with Gasteiger partial charge in [0.05, 0.1) is 44.5 Å². The Kier molecular flexibility index (Phi) is 17.6. The van der Waals surface area contributed by atoms with Crippen LogP contribution in [0.1, 0.15) is 44.5 Å². The van der Waals surface area contributed by atoms with Crippen molar-refractivity contribution in [2.75, 3.05) is 0 Å². The minimum absolute atomic E-state index is 0. The van der Waals surface area contributed by atoms with E-state index in [0.29, 0.717) is 0 Å². The van der Waals surface area contributed by atoms with Gasteiger partial charge in [0.2, 0.25) is 0 Å². The molecule has 2 fully saturated rings. The van der Waals surface area contributed by atoms with Crippen LogP contribution in [0.5, 0.6) is 0 Å². The molecule has 367 valence electrons. The van der Waals surface area contributed by atoms with Crippen molar-refractivity contribution in [3.05, 3.63) is 182 Å². The molecule has 0 aliphatic heterocycles. The van der Waals surface area contributed by atoms with E-state index in [1.54, 1.807) is 0 Å². The summed E-state index contributed by atoms with van der Waals surface area (Å²) >= 11 is 0. The Hall–Kier alpha value is -4.22. The van der Waals surface area contributed by atoms with Crippen molar-refractivity contribution in [3.8, 4) is 0 Å². The molecule has 11 radical (unpaired) electrons. The SMILES string of the molecule is FC(F)(F)c1cc([B-](c2cc(C(F)(F)F)cc(C(F)(F)F)c2)(c2cc(C(F)(F)F)cc(C(F)(F)F)c2)c2cc(C(F)(F)F)cc(C(F)(F)F)c2)cc(C(F)(F)F)c1.[CH]1[CH][CH][CH][CH]1.[CH]1[CH][CH][CH][CH]1.[Fe+3]. The van der Waals surface area contributed by atoms with Gasteiger partial charge in [-0.15, -0.1) is 0 Å². The second-order valence-corrected chi connectivity index (χ2v) is 14.1. The molecule has 2 aliphatic rings. The van der Waals surface area contributed by atoms with Crippen molar-refractivity contribution in [1.82, 2.24) is 0 Å². The van der Waals surface area contributed by atoms with Crippen LogP contribution in [0.4, 0.5) is 105 Å². The predicted octanol–water partition coefficient (Wildman–Crippen LogP) is 13.3. The molecule has 26 heteroatoms. The van der Waals surface area contributed by atoms with E-state index >= 15 is 0 Å². The van der Waals surface area contributed by atoms with Crippen LogP contribution in [-0.4, -0.2) is 6.15 Å². The fourth-order valence-electron chi connectivity index (χ4n) is 6.71. The molecule has 0 amide bonds. The third-order valence-corrected chi connectivity index (χ3v) is 9.55. The standard InChI is InChI=1S/C32H12BF24.2C5H5.Fe/c34-25(35,36)13-1-14(26(37,38)39)6-21(5-13)33(22-7-15(27(40,41)42)2-16(8-22)28(43,44)45,23-9-17(29(46,47)48)3-18(10-23)30(49,50)51)24-11-19(31(52,53)54)4-20(12-24)32(55,56)57;2*1-2-4-5-3-1;/h1-12H;2*1-5H;/q-1;;;+3. The van der Waals surface area contributed by atoms with E-state index in [1.807, 2.05) is 64.2 Å². The molecule has 0 nitrogen and oxygen atoms in total. The topological polar surface area (TPSA) is 0 Å². The summed E-state index contributed by atoms with van der Waals surface area (Å²) in [6, 6.07) is -8.81. The minimum Gasteiger partial charge on any atom is -0.194 e. The van der Waals surface area contributed by atoms with E-state index in [1.165, 1.54) is 0 Å². The Morgan fingerprint density at radius 3 is 0.382 bits per heavy atom. The molecule has 4 aromatic carbocycles. The monoisotopic (exact) mass is 1050 g/mol. The first-order valence-electron chi connectivity index (χ1n) is 18.0. The average molecular weight is 1050 g/mol. The average Bonchev–Trinajstić information content (AvgIpc) is 3.96. The first kappa shape index (κ1) is 58.1. The van der Waals surface area contributed by atoms with Gasteiger partial charge < -0.3 is 0 Å². The summed E-state index contributed by atoms with van der Waals surface area (Å²) in [5, 5.41) is 0. The van der Waals surface area contributed by atoms with Gasteiger partial charge in [-0.25, -0.2) is 0 Å². The summed E-state index contributed by atoms with van der Waals surface area (Å²) in [6.45, 7) is 0. The van der Waals surface area contributed by atoms with Gasteiger partial charge >= 0.3 is 66.5 Å². The van der Waals surface area contributed by atoms with E-state index < -0.39 is 195 Å². The molecule has 2 saturated carbocycles. The fourth-order valence-corrected chi connectivity index (χ4v) is 6.71. The van der Waals surface area contributed by atoms with Gasteiger partial charge in [0, 0.05) is 0 Å². The Morgan fingerprint density at radius 2 is 0.294 bits per heavy atom. The van der Waals surface area contributed by atoms with Crippen molar-refractivity contribution in [3.63, 3.8) is 0 Å². The minimum atomic E-state index is -6.13. The molecule has 68 heavy (non-hydrogen) atoms. The van der Waals surface area contributed by atoms with Crippen LogP contribution < -0.4 is 21.9 Å². The van der Waals surface area contributed by atoms with Crippen LogP contribution in [0.25, 0.3) is 0 Å². The molecular weight excluding hydrogens is 1030 g/mol. The summed E-state index contributed by atoms with van der Waals surface area (Å²) in [5.74, 6) is 0. The van der Waals surface area contributed by atoms with Gasteiger partial charge in [0.1, 0.15) is 6.15 Å². The molecule has 0 N–H and O–H groups in total. The molecule has 0 atom stereocenters. The number of rotatable bonds is 4. The van der Waals surface area contributed by atoms with Gasteiger partial charge in [0.25, 0.3) is 0 Å². The van der Waals surface area contributed by atoms with Crippen molar-refractivity contribution in [2.45, 2.75) is 49.4 Å². The molecule has 4 aromatic rings. The molecule has 2 aliphatic carbocycles. The largest absolute Gasteiger partial charge is 3.00 e. The second-order valence-electron chi connectivity index (χ2n) is 14.1. The maximum absolute atomic E-state index is 14.2. The molecular formula is C42H22BF24Fe+2. The third kappa shape index (κ3) is 14.4. The van der Waals surface area contributed by atoms with Gasteiger partial charge in [0.15, 0.2) is 0 Å². The van der Waals surface area contributed by atoms with Crippen LogP contribution >= 0.6 is 0 Å². The van der Waals surface area contributed by atoms with Crippen LogP contribution in [0, 0.1) is 64.2 Å². The second kappa shape index (κ2) is 20.6. The first-order valence-corrected chi connectivity index (χ1v) is 18.0. The summed E-state index contributed by atoms with van der Waals surface area (Å²) in [5.41, 5.74) is -30.2. The van der Waals surface area contributed by atoms with E-state index in [0.717, 1.165) is 0 Å². The Morgan fingerprint density at radius 1 is 0.191 bits per heavy atom. The zero-order valence-corrected chi connectivity index (χ0v) is 33.8. The molecule has 0 spiro atoms. The van der Waals surface area contributed by atoms with E-state index in [-0.39, 0.29) is 17.1 Å². The van der Waals surface area contributed by atoms with Crippen molar-refractivity contribution in [2.24, 2.45) is 0 Å². The Bertz CT molecular complexity index is 1850. The summed E-state index contributed by atoms with van der Waals surface area (Å²) in [7, 11) is 0. The molecule has 0 bridgehead atoms. The fraction of sp³-hybridized carbons (Fsp3) is 0.190. The zero-order valence-electron chi connectivity index (χ0n) is 32.7. The van der Waals surface area contributed by atoms with E-state index in [9.17, 15) is 105 Å². The number of hydrogen-bond acceptors (Lipinski definition) is 0. The van der Waals surface area contributed by atoms with Crippen molar-refractivity contribution < 1.29 is 122 Å². The van der Waals surface area contributed by atoms with E-state index in [2.05, 4.69) is 0 Å². The normalized spacial score (nSPS) is 15.5. The van der Waals surface area contributed by atoms with Crippen LogP contribution in [0.3, 0.4) is 0 Å². The maximum atomic E-state index is 14.2. The quantitative estimate of drug-likeness (QED) is 0.141. The maximum Gasteiger partial charge on any atom is 3.00 e. The predicted molar refractivity (Wildman–Crippen MR) is 193 cm³/mol. The van der Waals surface area contributed by atoms with Gasteiger partial charge in [-0.3, -0.25) is 0 Å². The van der Waals surface area contributed by atoms with Crippen molar-refractivity contribution >= 4 is 28.0 Å². The van der Waals surface area contributed by atoms with E-state index in [4.69, 9.17) is 0 Å². The Balaban J connectivity index is 0.000000982. The van der Waals surface area contributed by atoms with Crippen LogP contribution in [0.2, 0.25) is 0 Å². The molecule has 0 aromatic heterocycles. The summed E-state index contributed by atoms with van der Waals surface area (Å²) < 4.78 is 341. The number of benzene rings is 4. The van der Waals surface area contributed by atoms with Gasteiger partial charge in [-0.2, -0.15) is 127 Å². The molecule has 6 rings (SSSR count). The van der Waals surface area contributed by atoms with Crippen molar-refractivity contribution in [1.29, 1.82) is 0 Å². The molecule has 0 saturated heterocycles. The van der Waals surface area contributed by atoms with Gasteiger partial charge in [-0.05, 0) is 88.5 Å². The summed E-state index contributed by atoms with van der Waals surface area (Å²) in [4.78, 5) is 0. The molecule has 0 heterocycles. The summed E-state index contributed by atoms with van der Waals surface area (Å²) in [6.07, 6.45) is -34.8. The van der Waals surface area contributed by atoms with Gasteiger partial charge in [-0.1, -0.05) is 48.5 Å². The number of alkyl halides is 24. The molecule has 0 unspecified atom stereocenters. The zero-order chi connectivity index (χ0) is 51.0. The Labute approximate surface area is 380 Å². The number of halogens is 24. The first-order chi connectivity index (χ1) is 30.3. The van der Waals surface area contributed by atoms with Crippen LogP contribution in [-0.2, 0) is 66.5 Å². The smallest absolute Gasteiger partial charge is 0.194 e.